The van der Waals surface area contributed by atoms with E-state index in [0.717, 1.165) is 0 Å². The molecule has 0 amide bonds. The Morgan fingerprint density at radius 1 is 0.421 bits per heavy atom. The number of rotatable bonds is 6. The molecule has 0 saturated heterocycles. The largest absolute Gasteiger partial charge is 0.577 e. The summed E-state index contributed by atoms with van der Waals surface area (Å²) in [5.41, 5.74) is 0. The highest BCUT2D eigenvalue weighted by Crippen LogP contribution is 2.47. The first-order chi connectivity index (χ1) is 18.5. The summed E-state index contributed by atoms with van der Waals surface area (Å²) in [6.07, 6.45) is 0. The summed E-state index contributed by atoms with van der Waals surface area (Å²) in [5.74, 6) is 0. The maximum atomic E-state index is 5.18. The molecule has 7 aromatic carbocycles. The monoisotopic (exact) mass is 596 g/mol. The third-order valence-corrected chi connectivity index (χ3v) is 8.25. The van der Waals surface area contributed by atoms with E-state index in [1.807, 2.05) is 20.8 Å². The lowest BCUT2D eigenvalue weighted by Gasteiger charge is -2.20. The molecule has 7 aromatic rings. The fourth-order valence-electron chi connectivity index (χ4n) is 5.37. The fraction of sp³-hybridized carbons (Fsp3) is 0.200. The number of halogens is 3. The van der Waals surface area contributed by atoms with E-state index in [-0.39, 0.29) is 0 Å². The molecule has 3 nitrogen and oxygen atoms in total. The standard InChI is InChI=1S/C24H12.C6H15O3Si.Cl3Si/c1-2-14-5-6-16-9-11-18-12-10-17-8-7-15-4-3-13(1)19-20(14)22(16)24(18)23(17)21(15)19;1-4-7-10(8-5-2)9-6-3;1-4(2)3/h1-12H;4-6H2,1-3H3;. The van der Waals surface area contributed by atoms with Crippen LogP contribution in [0.4, 0.5) is 0 Å². The molecule has 0 spiro atoms. The predicted octanol–water partition coefficient (Wildman–Crippen LogP) is 9.69. The van der Waals surface area contributed by atoms with Crippen molar-refractivity contribution in [2.75, 3.05) is 19.8 Å². The van der Waals surface area contributed by atoms with Gasteiger partial charge in [0.2, 0.25) is 0 Å². The van der Waals surface area contributed by atoms with Gasteiger partial charge in [-0.1, -0.05) is 72.8 Å². The summed E-state index contributed by atoms with van der Waals surface area (Å²) in [7, 11) is -1.40. The van der Waals surface area contributed by atoms with Crippen molar-refractivity contribution < 1.29 is 13.3 Å². The van der Waals surface area contributed by atoms with Crippen molar-refractivity contribution in [2.45, 2.75) is 20.8 Å². The Bertz CT molecular complexity index is 1360. The van der Waals surface area contributed by atoms with Gasteiger partial charge in [0.25, 0.3) is 0 Å². The molecule has 2 radical (unpaired) electrons. The van der Waals surface area contributed by atoms with E-state index in [1.165, 1.54) is 64.6 Å². The highest BCUT2D eigenvalue weighted by Gasteiger charge is 2.19. The lowest BCUT2D eigenvalue weighted by molar-refractivity contribution is 0.107. The van der Waals surface area contributed by atoms with Gasteiger partial charge in [-0.3, -0.25) is 0 Å². The minimum absolute atomic E-state index is 0.661. The molecule has 0 saturated carbocycles. The van der Waals surface area contributed by atoms with Crippen LogP contribution in [0.5, 0.6) is 0 Å². The smallest absolute Gasteiger partial charge is 0.371 e. The summed E-state index contributed by atoms with van der Waals surface area (Å²) >= 11 is 14.7. The predicted molar refractivity (Wildman–Crippen MR) is 169 cm³/mol. The van der Waals surface area contributed by atoms with Crippen molar-refractivity contribution >= 4 is 114 Å². The highest BCUT2D eigenvalue weighted by molar-refractivity contribution is 7.54. The average molecular weight is 598 g/mol. The van der Waals surface area contributed by atoms with Crippen LogP contribution in [-0.2, 0) is 13.3 Å². The fourth-order valence-corrected chi connectivity index (χ4v) is 6.33. The zero-order valence-corrected chi connectivity index (χ0v) is 25.7. The van der Waals surface area contributed by atoms with E-state index in [4.69, 9.17) is 46.5 Å². The van der Waals surface area contributed by atoms with Gasteiger partial charge in [0.15, 0.2) is 0 Å². The second-order valence-electron chi connectivity index (χ2n) is 8.75. The van der Waals surface area contributed by atoms with E-state index in [9.17, 15) is 0 Å². The Hall–Kier alpha value is -1.94. The van der Waals surface area contributed by atoms with Crippen LogP contribution < -0.4 is 0 Å². The van der Waals surface area contributed by atoms with Crippen molar-refractivity contribution in [1.82, 2.24) is 0 Å². The Morgan fingerprint density at radius 3 is 0.711 bits per heavy atom. The van der Waals surface area contributed by atoms with E-state index in [0.29, 0.717) is 19.8 Å². The Balaban J connectivity index is 0.000000179. The van der Waals surface area contributed by atoms with Gasteiger partial charge >= 0.3 is 16.3 Å². The molecular formula is C30H27Cl3O3Si2. The third-order valence-electron chi connectivity index (χ3n) is 6.67. The van der Waals surface area contributed by atoms with Crippen molar-refractivity contribution in [3.05, 3.63) is 72.8 Å². The van der Waals surface area contributed by atoms with E-state index in [1.54, 1.807) is 0 Å². The second kappa shape index (κ2) is 12.1. The highest BCUT2D eigenvalue weighted by atomic mass is 35.8. The van der Waals surface area contributed by atoms with E-state index >= 15 is 0 Å². The number of hydrogen-bond donors (Lipinski definition) is 0. The van der Waals surface area contributed by atoms with E-state index < -0.39 is 16.3 Å². The average Bonchev–Trinajstić information content (AvgIpc) is 2.92. The van der Waals surface area contributed by atoms with Gasteiger partial charge in [-0.2, -0.15) is 0 Å². The normalized spacial score (nSPS) is 12.0. The minimum Gasteiger partial charge on any atom is -0.371 e. The van der Waals surface area contributed by atoms with Crippen LogP contribution in [0.1, 0.15) is 20.8 Å². The van der Waals surface area contributed by atoms with Crippen LogP contribution in [0.2, 0.25) is 0 Å². The van der Waals surface area contributed by atoms with Crippen LogP contribution in [0.15, 0.2) is 72.8 Å². The first-order valence-electron chi connectivity index (χ1n) is 12.6. The maximum absolute atomic E-state index is 5.18. The second-order valence-corrected chi connectivity index (χ2v) is 15.7. The van der Waals surface area contributed by atoms with Gasteiger partial charge in [0.05, 0.1) is 0 Å². The van der Waals surface area contributed by atoms with E-state index in [2.05, 4.69) is 72.8 Å². The molecule has 0 bridgehead atoms. The number of hydrogen-bond acceptors (Lipinski definition) is 3. The Labute approximate surface area is 239 Å². The molecule has 0 aliphatic carbocycles. The Morgan fingerprint density at radius 2 is 0.579 bits per heavy atom. The lowest BCUT2D eigenvalue weighted by atomic mass is 9.83. The molecule has 194 valence electrons. The zero-order chi connectivity index (χ0) is 26.8. The lowest BCUT2D eigenvalue weighted by Crippen LogP contribution is -2.27. The van der Waals surface area contributed by atoms with Gasteiger partial charge in [0.1, 0.15) is 0 Å². The van der Waals surface area contributed by atoms with Crippen LogP contribution in [0.25, 0.3) is 64.6 Å². The maximum Gasteiger partial charge on any atom is 0.577 e. The van der Waals surface area contributed by atoms with Crippen LogP contribution in [0.3, 0.4) is 0 Å². The number of benzene rings is 7. The topological polar surface area (TPSA) is 27.7 Å². The van der Waals surface area contributed by atoms with Crippen LogP contribution in [-0.4, -0.2) is 36.1 Å². The molecule has 7 rings (SSSR count). The molecule has 0 aliphatic heterocycles. The molecule has 0 unspecified atom stereocenters. The summed E-state index contributed by atoms with van der Waals surface area (Å²) in [5, 5.41) is 16.7. The summed E-state index contributed by atoms with van der Waals surface area (Å²) in [6.45, 7) is 6.32. The minimum atomic E-state index is -1.46. The molecule has 0 heterocycles. The van der Waals surface area contributed by atoms with Crippen molar-refractivity contribution in [3.8, 4) is 0 Å². The third kappa shape index (κ3) is 5.15. The first-order valence-corrected chi connectivity index (χ1v) is 18.4. The summed E-state index contributed by atoms with van der Waals surface area (Å²) in [4.78, 5) is 0. The molecule has 8 heteroatoms. The Kier molecular flexibility index (Phi) is 8.77. The van der Waals surface area contributed by atoms with Crippen molar-refractivity contribution in [1.29, 1.82) is 0 Å². The zero-order valence-electron chi connectivity index (χ0n) is 21.4. The quantitative estimate of drug-likeness (QED) is 0.0826. The van der Waals surface area contributed by atoms with Gasteiger partial charge in [0, 0.05) is 19.8 Å². The molecular weight excluding hydrogens is 571 g/mol. The summed E-state index contributed by atoms with van der Waals surface area (Å²) < 4.78 is 15.5. The van der Waals surface area contributed by atoms with Crippen molar-refractivity contribution in [3.63, 3.8) is 0 Å². The summed E-state index contributed by atoms with van der Waals surface area (Å²) in [6, 6.07) is 27.3. The first kappa shape index (κ1) is 27.6. The van der Waals surface area contributed by atoms with Gasteiger partial charge in [-0.15, -0.1) is 33.2 Å². The van der Waals surface area contributed by atoms with Crippen LogP contribution >= 0.6 is 33.2 Å². The van der Waals surface area contributed by atoms with Gasteiger partial charge < -0.3 is 13.3 Å². The molecule has 0 N–H and O–H groups in total. The van der Waals surface area contributed by atoms with Crippen molar-refractivity contribution in [2.24, 2.45) is 0 Å². The SMILES string of the molecule is CCO[Si](OCC)OCC.Cl[Si](Cl)Cl.c1cc2ccc3ccc4ccc5ccc6ccc1c1c2c3c4c5c61. The molecule has 0 fully saturated rings. The van der Waals surface area contributed by atoms with Gasteiger partial charge in [-0.25, -0.2) is 0 Å². The molecule has 0 atom stereocenters. The molecule has 0 aliphatic rings. The van der Waals surface area contributed by atoms with Gasteiger partial charge in [-0.05, 0) is 85.4 Å². The molecule has 38 heavy (non-hydrogen) atoms. The van der Waals surface area contributed by atoms with Crippen LogP contribution in [0, 0.1) is 0 Å². The molecule has 0 aromatic heterocycles.